The van der Waals surface area contributed by atoms with Gasteiger partial charge in [-0.1, -0.05) is 7.43 Å². The van der Waals surface area contributed by atoms with Gasteiger partial charge < -0.3 is 15.3 Å². The Hall–Kier alpha value is -2.08. The van der Waals surface area contributed by atoms with Crippen LogP contribution in [0.5, 0.6) is 0 Å². The molecule has 2 fully saturated rings. The fraction of sp³-hybridized carbons (Fsp3) is 0.500. The molecule has 0 saturated heterocycles. The van der Waals surface area contributed by atoms with Crippen LogP contribution in [0.15, 0.2) is 24.5 Å². The van der Waals surface area contributed by atoms with Crippen molar-refractivity contribution in [2.45, 2.75) is 45.2 Å². The molecule has 0 radical (unpaired) electrons. The summed E-state index contributed by atoms with van der Waals surface area (Å²) >= 11 is 0. The molecule has 4 rings (SSSR count). The molecule has 10 heteroatoms. The molecule has 2 heterocycles. The van der Waals surface area contributed by atoms with Crippen molar-refractivity contribution < 1.29 is 43.8 Å². The van der Waals surface area contributed by atoms with Crippen molar-refractivity contribution in [2.24, 2.45) is 0 Å². The number of aromatic nitrogens is 4. The van der Waals surface area contributed by atoms with Crippen LogP contribution in [0.1, 0.15) is 66.2 Å². The van der Waals surface area contributed by atoms with Crippen LogP contribution in [0.3, 0.4) is 0 Å². The minimum absolute atomic E-state index is 0. The van der Waals surface area contributed by atoms with E-state index in [1.54, 1.807) is 16.9 Å². The second kappa shape index (κ2) is 10.2. The SMILES string of the molecule is C.COC(=O)c1ccn(C2CC2)n1.O=C(O)c1ccn(C2CC2)n1.[Li+].[OH-]. The Morgan fingerprint density at radius 1 is 1.04 bits per heavy atom. The van der Waals surface area contributed by atoms with E-state index < -0.39 is 5.97 Å². The zero-order valence-electron chi connectivity index (χ0n) is 14.2. The number of methoxy groups -OCH3 is 1. The topological polar surface area (TPSA) is 129 Å². The molecule has 2 N–H and O–H groups in total. The van der Waals surface area contributed by atoms with Crippen molar-refractivity contribution in [3.05, 3.63) is 35.9 Å². The van der Waals surface area contributed by atoms with Gasteiger partial charge in [0, 0.05) is 12.4 Å². The molecule has 2 saturated carbocycles. The van der Waals surface area contributed by atoms with Gasteiger partial charge in [0.05, 0.1) is 19.2 Å². The monoisotopic (exact) mass is 358 g/mol. The predicted molar refractivity (Wildman–Crippen MR) is 88.0 cm³/mol. The van der Waals surface area contributed by atoms with E-state index in [-0.39, 0.29) is 43.4 Å². The van der Waals surface area contributed by atoms with Crippen LogP contribution >= 0.6 is 0 Å². The Morgan fingerprint density at radius 3 is 1.81 bits per heavy atom. The normalized spacial score (nSPS) is 14.5. The van der Waals surface area contributed by atoms with Gasteiger partial charge in [-0.2, -0.15) is 10.2 Å². The van der Waals surface area contributed by atoms with Crippen LogP contribution in [-0.2, 0) is 4.74 Å². The van der Waals surface area contributed by atoms with E-state index in [4.69, 9.17) is 5.11 Å². The van der Waals surface area contributed by atoms with Gasteiger partial charge in [0.2, 0.25) is 0 Å². The number of aromatic carboxylic acids is 1. The first-order valence-electron chi connectivity index (χ1n) is 7.50. The molecule has 2 aliphatic rings. The average Bonchev–Trinajstić information content (AvgIpc) is 3.48. The second-order valence-corrected chi connectivity index (χ2v) is 5.62. The van der Waals surface area contributed by atoms with E-state index in [2.05, 4.69) is 14.9 Å². The number of hydrogen-bond acceptors (Lipinski definition) is 6. The molecular weight excluding hydrogens is 335 g/mol. The summed E-state index contributed by atoms with van der Waals surface area (Å²) in [6, 6.07) is 4.19. The van der Waals surface area contributed by atoms with Crippen LogP contribution in [0.25, 0.3) is 0 Å². The first kappa shape index (κ1) is 23.9. The van der Waals surface area contributed by atoms with Crippen LogP contribution in [0, 0.1) is 0 Å². The first-order valence-corrected chi connectivity index (χ1v) is 7.50. The van der Waals surface area contributed by atoms with Gasteiger partial charge in [-0.3, -0.25) is 9.36 Å². The number of carboxylic acids is 1. The first-order chi connectivity index (χ1) is 11.1. The van der Waals surface area contributed by atoms with Crippen molar-refractivity contribution in [2.75, 3.05) is 7.11 Å². The van der Waals surface area contributed by atoms with Crippen molar-refractivity contribution in [1.29, 1.82) is 0 Å². The van der Waals surface area contributed by atoms with Crippen molar-refractivity contribution in [3.8, 4) is 0 Å². The fourth-order valence-corrected chi connectivity index (χ4v) is 2.09. The third kappa shape index (κ3) is 6.02. The number of esters is 1. The smallest absolute Gasteiger partial charge is 0.870 e. The van der Waals surface area contributed by atoms with Gasteiger partial charge in [0.1, 0.15) is 0 Å². The van der Waals surface area contributed by atoms with Gasteiger partial charge in [0.15, 0.2) is 11.4 Å². The maximum atomic E-state index is 11.0. The number of carbonyl (C=O) groups excluding carboxylic acids is 1. The average molecular weight is 358 g/mol. The van der Waals surface area contributed by atoms with E-state index in [0.29, 0.717) is 17.8 Å². The maximum absolute atomic E-state index is 11.0. The molecule has 26 heavy (non-hydrogen) atoms. The summed E-state index contributed by atoms with van der Waals surface area (Å²) < 4.78 is 8.09. The molecule has 0 spiro atoms. The van der Waals surface area contributed by atoms with Gasteiger partial charge >= 0.3 is 30.8 Å². The quantitative estimate of drug-likeness (QED) is 0.570. The standard InChI is InChI=1S/C8H10N2O2.C7H8N2O2.CH4.Li.H2O/c1-12-8(11)7-4-5-10(9-7)6-2-3-6;10-7(11)6-3-4-9(8-6)5-1-2-5;;;/h4-6H,2-3H2,1H3;3-5H,1-2H2,(H,10,11);1H4;;1H2/q;;;+1;/p-1. The molecule has 0 bridgehead atoms. The minimum atomic E-state index is -0.954. The van der Waals surface area contributed by atoms with Crippen molar-refractivity contribution >= 4 is 11.9 Å². The summed E-state index contributed by atoms with van der Waals surface area (Å²) in [5, 5.41) is 16.5. The Labute approximate surface area is 163 Å². The van der Waals surface area contributed by atoms with Crippen LogP contribution < -0.4 is 18.9 Å². The fourth-order valence-electron chi connectivity index (χ4n) is 2.09. The number of carbonyl (C=O) groups is 2. The molecule has 9 nitrogen and oxygen atoms in total. The molecular formula is C16H23LiN4O5. The van der Waals surface area contributed by atoms with E-state index in [0.717, 1.165) is 12.8 Å². The van der Waals surface area contributed by atoms with Gasteiger partial charge in [-0.05, 0) is 37.8 Å². The van der Waals surface area contributed by atoms with Crippen molar-refractivity contribution in [3.63, 3.8) is 0 Å². The predicted octanol–water partition coefficient (Wildman–Crippen LogP) is -0.616. The van der Waals surface area contributed by atoms with Gasteiger partial charge in [-0.15, -0.1) is 0 Å². The Bertz CT molecular complexity index is 722. The van der Waals surface area contributed by atoms with E-state index in [1.165, 1.54) is 26.0 Å². The van der Waals surface area contributed by atoms with Crippen LogP contribution in [0.2, 0.25) is 0 Å². The Balaban J connectivity index is 0.000000432. The number of rotatable bonds is 4. The minimum Gasteiger partial charge on any atom is -0.870 e. The summed E-state index contributed by atoms with van der Waals surface area (Å²) in [7, 11) is 1.36. The number of hydrogen-bond donors (Lipinski definition) is 1. The van der Waals surface area contributed by atoms with Crippen LogP contribution in [-0.4, -0.2) is 49.2 Å². The number of carboxylic acid groups (broad SMARTS) is 1. The zero-order valence-corrected chi connectivity index (χ0v) is 14.2. The maximum Gasteiger partial charge on any atom is 1.00 e. The Kier molecular flexibility index (Phi) is 9.35. The largest absolute Gasteiger partial charge is 1.00 e. The summed E-state index contributed by atoms with van der Waals surface area (Å²) in [6.45, 7) is 0. The van der Waals surface area contributed by atoms with Gasteiger partial charge in [-0.25, -0.2) is 9.59 Å². The second-order valence-electron chi connectivity index (χ2n) is 5.62. The third-order valence-corrected chi connectivity index (χ3v) is 3.67. The number of nitrogens with zero attached hydrogens (tertiary/aromatic N) is 4. The Morgan fingerprint density at radius 2 is 1.46 bits per heavy atom. The van der Waals surface area contributed by atoms with E-state index >= 15 is 0 Å². The van der Waals surface area contributed by atoms with Gasteiger partial charge in [0.25, 0.3) is 0 Å². The molecule has 0 aromatic carbocycles. The zero-order chi connectivity index (χ0) is 16.4. The summed E-state index contributed by atoms with van der Waals surface area (Å²) in [4.78, 5) is 21.4. The molecule has 2 aromatic heterocycles. The molecule has 0 unspecified atom stereocenters. The summed E-state index contributed by atoms with van der Waals surface area (Å²) in [6.07, 6.45) is 8.14. The molecule has 2 aromatic rings. The van der Waals surface area contributed by atoms with Crippen molar-refractivity contribution in [1.82, 2.24) is 19.6 Å². The molecule has 0 amide bonds. The molecule has 2 aliphatic carbocycles. The van der Waals surface area contributed by atoms with E-state index in [9.17, 15) is 9.59 Å². The van der Waals surface area contributed by atoms with Crippen LogP contribution in [0.4, 0.5) is 0 Å². The molecule has 0 aliphatic heterocycles. The summed E-state index contributed by atoms with van der Waals surface area (Å²) in [5.41, 5.74) is 0.529. The number of ether oxygens (including phenoxy) is 1. The molecule has 138 valence electrons. The summed E-state index contributed by atoms with van der Waals surface area (Å²) in [5.74, 6) is -1.32. The molecule has 0 atom stereocenters. The third-order valence-electron chi connectivity index (χ3n) is 3.67. The van der Waals surface area contributed by atoms with E-state index in [1.807, 2.05) is 10.9 Å².